The average molecular weight is 374 g/mol. The monoisotopic (exact) mass is 372 g/mol. The molecule has 1 amide bonds. The third kappa shape index (κ3) is 4.58. The number of carbonyl (C=O) groups excluding carboxylic acids is 2. The number of aromatic nitrogens is 1. The number of ether oxygens (including phenoxy) is 1. The minimum atomic E-state index is -1.05. The number of pyridine rings is 1. The number of anilines is 1. The lowest BCUT2D eigenvalue weighted by Gasteiger charge is -2.14. The van der Waals surface area contributed by atoms with Crippen LogP contribution in [-0.4, -0.2) is 23.0 Å². The first-order chi connectivity index (χ1) is 10.9. The smallest absolute Gasteiger partial charge is 0.340 e. The molecule has 8 heteroatoms. The lowest BCUT2D eigenvalue weighted by molar-refractivity contribution is -0.123. The summed E-state index contributed by atoms with van der Waals surface area (Å²) in [7, 11) is 0. The third-order valence-corrected chi connectivity index (χ3v) is 3.67. The van der Waals surface area contributed by atoms with E-state index in [2.05, 4.69) is 10.3 Å². The number of hydrogen-bond donors (Lipinski definition) is 1. The Morgan fingerprint density at radius 1 is 1.22 bits per heavy atom. The Morgan fingerprint density at radius 2 is 1.96 bits per heavy atom. The summed E-state index contributed by atoms with van der Waals surface area (Å²) in [4.78, 5) is 27.9. The molecule has 5 nitrogen and oxygen atoms in total. The summed E-state index contributed by atoms with van der Waals surface area (Å²) in [5.41, 5.74) is 0.446. The van der Waals surface area contributed by atoms with Crippen LogP contribution in [-0.2, 0) is 9.53 Å². The van der Waals surface area contributed by atoms with Gasteiger partial charge in [0, 0.05) is 11.2 Å². The van der Waals surface area contributed by atoms with Crippen LogP contribution < -0.4 is 5.32 Å². The normalized spacial score (nSPS) is 11.7. The number of esters is 1. The molecule has 1 aromatic heterocycles. The van der Waals surface area contributed by atoms with E-state index in [-0.39, 0.29) is 15.7 Å². The summed E-state index contributed by atoms with van der Waals surface area (Å²) in [5.74, 6) is -1.27. The van der Waals surface area contributed by atoms with E-state index in [0.29, 0.717) is 10.7 Å². The molecule has 1 atom stereocenters. The van der Waals surface area contributed by atoms with Crippen molar-refractivity contribution in [2.24, 2.45) is 0 Å². The first-order valence-corrected chi connectivity index (χ1v) is 7.59. The van der Waals surface area contributed by atoms with E-state index in [0.717, 1.165) is 0 Å². The van der Waals surface area contributed by atoms with Gasteiger partial charge < -0.3 is 10.1 Å². The van der Waals surface area contributed by atoms with Gasteiger partial charge in [-0.3, -0.25) is 4.79 Å². The van der Waals surface area contributed by atoms with Gasteiger partial charge in [0.25, 0.3) is 5.91 Å². The lowest BCUT2D eigenvalue weighted by atomic mass is 10.2. The molecule has 0 bridgehead atoms. The molecule has 0 spiro atoms. The highest BCUT2D eigenvalue weighted by atomic mass is 35.5. The van der Waals surface area contributed by atoms with Crippen LogP contribution in [0, 0.1) is 0 Å². The van der Waals surface area contributed by atoms with Crippen molar-refractivity contribution in [1.29, 1.82) is 0 Å². The van der Waals surface area contributed by atoms with Gasteiger partial charge in [0.1, 0.15) is 0 Å². The fourth-order valence-electron chi connectivity index (χ4n) is 1.65. The second-order valence-electron chi connectivity index (χ2n) is 4.50. The summed E-state index contributed by atoms with van der Waals surface area (Å²) in [6, 6.07) is 7.54. The van der Waals surface area contributed by atoms with Gasteiger partial charge in [0.15, 0.2) is 11.3 Å². The van der Waals surface area contributed by atoms with Crippen molar-refractivity contribution >= 4 is 52.4 Å². The van der Waals surface area contributed by atoms with Crippen LogP contribution in [0.25, 0.3) is 0 Å². The molecule has 0 fully saturated rings. The molecule has 23 heavy (non-hydrogen) atoms. The van der Waals surface area contributed by atoms with E-state index in [1.165, 1.54) is 31.3 Å². The number of halogens is 3. The molecule has 1 heterocycles. The summed E-state index contributed by atoms with van der Waals surface area (Å²) >= 11 is 17.5. The summed E-state index contributed by atoms with van der Waals surface area (Å²) < 4.78 is 5.09. The summed E-state index contributed by atoms with van der Waals surface area (Å²) in [6.45, 7) is 1.43. The zero-order valence-corrected chi connectivity index (χ0v) is 14.1. The number of benzene rings is 1. The van der Waals surface area contributed by atoms with E-state index < -0.39 is 18.0 Å². The maximum absolute atomic E-state index is 12.0. The Kier molecular flexibility index (Phi) is 5.82. The van der Waals surface area contributed by atoms with Gasteiger partial charge in [-0.05, 0) is 37.3 Å². The number of hydrogen-bond acceptors (Lipinski definition) is 4. The maximum Gasteiger partial charge on any atom is 0.340 e. The topological polar surface area (TPSA) is 68.3 Å². The minimum Gasteiger partial charge on any atom is -0.449 e. The lowest BCUT2D eigenvalue weighted by Crippen LogP contribution is -2.30. The van der Waals surface area contributed by atoms with Crippen molar-refractivity contribution in [2.75, 3.05) is 5.32 Å². The van der Waals surface area contributed by atoms with E-state index >= 15 is 0 Å². The molecule has 0 aliphatic carbocycles. The molecule has 2 rings (SSSR count). The third-order valence-electron chi connectivity index (χ3n) is 2.82. The predicted molar refractivity (Wildman–Crippen MR) is 89.2 cm³/mol. The maximum atomic E-state index is 12.0. The van der Waals surface area contributed by atoms with Crippen LogP contribution in [0.4, 0.5) is 5.69 Å². The number of nitrogens with one attached hydrogen (secondary N) is 1. The molecule has 0 saturated heterocycles. The van der Waals surface area contributed by atoms with Gasteiger partial charge in [-0.2, -0.15) is 0 Å². The Balaban J connectivity index is 2.03. The van der Waals surface area contributed by atoms with Gasteiger partial charge in [-0.1, -0.05) is 34.8 Å². The first-order valence-electron chi connectivity index (χ1n) is 6.46. The Bertz CT molecular complexity index is 752. The number of nitrogens with zero attached hydrogens (tertiary/aromatic N) is 1. The van der Waals surface area contributed by atoms with Crippen LogP contribution in [0.5, 0.6) is 0 Å². The van der Waals surface area contributed by atoms with E-state index in [1.54, 1.807) is 12.1 Å². The van der Waals surface area contributed by atoms with Crippen LogP contribution in [0.15, 0.2) is 36.5 Å². The quantitative estimate of drug-likeness (QED) is 0.643. The molecule has 0 saturated carbocycles. The molecule has 0 radical (unpaired) electrons. The number of carbonyl (C=O) groups is 2. The van der Waals surface area contributed by atoms with Crippen LogP contribution in [0.1, 0.15) is 17.3 Å². The van der Waals surface area contributed by atoms with Crippen LogP contribution in [0.3, 0.4) is 0 Å². The minimum absolute atomic E-state index is 0.120. The van der Waals surface area contributed by atoms with Gasteiger partial charge in [0.05, 0.1) is 16.3 Å². The Hall–Kier alpha value is -1.82. The van der Waals surface area contributed by atoms with Crippen molar-refractivity contribution in [3.8, 4) is 0 Å². The van der Waals surface area contributed by atoms with Crippen LogP contribution in [0.2, 0.25) is 15.2 Å². The molecule has 1 unspecified atom stereocenters. The van der Waals surface area contributed by atoms with E-state index in [1.807, 2.05) is 0 Å². The highest BCUT2D eigenvalue weighted by molar-refractivity contribution is 6.36. The molecule has 120 valence electrons. The average Bonchev–Trinajstić information content (AvgIpc) is 2.49. The zero-order chi connectivity index (χ0) is 17.0. The Morgan fingerprint density at radius 3 is 2.61 bits per heavy atom. The molecular weight excluding hydrogens is 363 g/mol. The number of rotatable bonds is 4. The van der Waals surface area contributed by atoms with Gasteiger partial charge >= 0.3 is 5.97 Å². The second-order valence-corrected chi connectivity index (χ2v) is 5.70. The van der Waals surface area contributed by atoms with Gasteiger partial charge in [-0.25, -0.2) is 9.78 Å². The molecule has 2 aromatic rings. The largest absolute Gasteiger partial charge is 0.449 e. The SMILES string of the molecule is CC(OC(=O)c1ccc(Cl)cc1Cl)C(=O)Nc1cccnc1Cl. The highest BCUT2D eigenvalue weighted by Gasteiger charge is 2.21. The van der Waals surface area contributed by atoms with E-state index in [9.17, 15) is 9.59 Å². The number of amides is 1. The van der Waals surface area contributed by atoms with Crippen molar-refractivity contribution in [3.63, 3.8) is 0 Å². The van der Waals surface area contributed by atoms with Crippen molar-refractivity contribution in [3.05, 3.63) is 57.3 Å². The molecule has 0 aliphatic rings. The fraction of sp³-hybridized carbons (Fsp3) is 0.133. The molecular formula is C15H11Cl3N2O3. The van der Waals surface area contributed by atoms with Gasteiger partial charge in [0.2, 0.25) is 0 Å². The molecule has 1 N–H and O–H groups in total. The highest BCUT2D eigenvalue weighted by Crippen LogP contribution is 2.22. The fourth-order valence-corrected chi connectivity index (χ4v) is 2.30. The van der Waals surface area contributed by atoms with Crippen molar-refractivity contribution in [2.45, 2.75) is 13.0 Å². The summed E-state index contributed by atoms with van der Waals surface area (Å²) in [6.07, 6.45) is 0.440. The van der Waals surface area contributed by atoms with Gasteiger partial charge in [-0.15, -0.1) is 0 Å². The van der Waals surface area contributed by atoms with Crippen molar-refractivity contribution in [1.82, 2.24) is 4.98 Å². The standard InChI is InChI=1S/C15H11Cl3N2O3/c1-8(14(21)20-12-3-2-6-19-13(12)18)23-15(22)10-5-4-9(16)7-11(10)17/h2-8H,1H3,(H,20,21). The zero-order valence-electron chi connectivity index (χ0n) is 11.8. The van der Waals surface area contributed by atoms with E-state index in [4.69, 9.17) is 39.5 Å². The predicted octanol–water partition coefficient (Wildman–Crippen LogP) is 4.23. The van der Waals surface area contributed by atoms with Crippen LogP contribution >= 0.6 is 34.8 Å². The first kappa shape index (κ1) is 17.5. The second kappa shape index (κ2) is 7.64. The Labute approximate surface area is 147 Å². The molecule has 1 aromatic carbocycles. The summed E-state index contributed by atoms with van der Waals surface area (Å²) in [5, 5.41) is 3.20. The molecule has 0 aliphatic heterocycles. The van der Waals surface area contributed by atoms with Crippen molar-refractivity contribution < 1.29 is 14.3 Å².